The van der Waals surface area contributed by atoms with Crippen molar-refractivity contribution in [3.05, 3.63) is 134 Å². The van der Waals surface area contributed by atoms with Crippen LogP contribution in [0.5, 0.6) is 23.0 Å². The third kappa shape index (κ3) is 10.4. The predicted octanol–water partition coefficient (Wildman–Crippen LogP) is 7.81. The first-order chi connectivity index (χ1) is 34.1. The second-order valence-corrected chi connectivity index (χ2v) is 17.3. The Hall–Kier alpha value is -8.62. The molecule has 0 atom stereocenters. The van der Waals surface area contributed by atoms with Gasteiger partial charge in [0, 0.05) is 49.9 Å². The zero-order chi connectivity index (χ0) is 48.6. The number of hydrogen-bond acceptors (Lipinski definition) is 13. The Morgan fingerprint density at radius 1 is 0.629 bits per heavy atom. The Morgan fingerprint density at radius 2 is 1.04 bits per heavy atom. The van der Waals surface area contributed by atoms with Gasteiger partial charge in [0.2, 0.25) is 5.91 Å². The third-order valence-electron chi connectivity index (χ3n) is 12.3. The van der Waals surface area contributed by atoms with Gasteiger partial charge in [0.1, 0.15) is 58.7 Å². The van der Waals surface area contributed by atoms with Gasteiger partial charge in [-0.1, -0.05) is 42.5 Å². The summed E-state index contributed by atoms with van der Waals surface area (Å²) in [7, 11) is 3.96. The van der Waals surface area contributed by atoms with Crippen LogP contribution in [0.4, 0.5) is 11.6 Å². The molecule has 2 fully saturated rings. The summed E-state index contributed by atoms with van der Waals surface area (Å²) in [5, 5.41) is 11.3. The van der Waals surface area contributed by atoms with Gasteiger partial charge in [-0.05, 0) is 118 Å². The highest BCUT2D eigenvalue weighted by Crippen LogP contribution is 2.37. The van der Waals surface area contributed by atoms with Gasteiger partial charge in [-0.3, -0.25) is 9.59 Å². The number of fused-ring (bicyclic) bond motifs is 2. The number of piperidine rings is 2. The standard InChI is InChI=1S/C28H31N7O2.C25H22N6O2/c1-33(2)16-6-9-24(36)34-17-14-21(15-18-34)35-28-25(27(29)30-19-31-28)26(32-35)20-10-12-23(13-11-20)37-22-7-4-3-5-8-22;1-2-21(32)30-14-12-18(13-15-30)31-25-22(24(26)27-16-28-25)23(29-31)17-8-10-20(11-9-17)33-19-6-4-3-5-7-19/h3-13,19,21H,14-18H2,1-2H3,(H2,29,30,31);1,3-11,16,18H,12-15H2,(H2,26,27,28)/b9-6+;. The van der Waals surface area contributed by atoms with E-state index in [1.807, 2.05) is 149 Å². The molecule has 0 aliphatic carbocycles. The van der Waals surface area contributed by atoms with E-state index < -0.39 is 0 Å². The van der Waals surface area contributed by atoms with Gasteiger partial charge in [0.15, 0.2) is 11.3 Å². The van der Waals surface area contributed by atoms with E-state index in [9.17, 15) is 9.59 Å². The van der Waals surface area contributed by atoms with E-state index in [1.54, 1.807) is 11.0 Å². The molecule has 4 aromatic heterocycles. The molecule has 6 heterocycles. The zero-order valence-electron chi connectivity index (χ0n) is 39.0. The molecule has 4 aromatic carbocycles. The molecule has 0 radical (unpaired) electrons. The van der Waals surface area contributed by atoms with Gasteiger partial charge < -0.3 is 35.6 Å². The van der Waals surface area contributed by atoms with Crippen LogP contribution in [0.1, 0.15) is 37.8 Å². The predicted molar refractivity (Wildman–Crippen MR) is 270 cm³/mol. The van der Waals surface area contributed by atoms with Crippen LogP contribution in [0.2, 0.25) is 0 Å². The zero-order valence-corrected chi connectivity index (χ0v) is 39.0. The number of terminal acetylenes is 1. The molecule has 0 bridgehead atoms. The fraction of sp³-hybridized carbons (Fsp3) is 0.245. The number of rotatable bonds is 11. The average molecular weight is 936 g/mol. The number of carbonyl (C=O) groups is 2. The Morgan fingerprint density at radius 3 is 1.46 bits per heavy atom. The molecule has 0 unspecified atom stereocenters. The molecule has 10 rings (SSSR count). The molecule has 17 heteroatoms. The van der Waals surface area contributed by atoms with Gasteiger partial charge in [0.05, 0.1) is 22.9 Å². The highest BCUT2D eigenvalue weighted by Gasteiger charge is 2.29. The van der Waals surface area contributed by atoms with Gasteiger partial charge in [-0.2, -0.15) is 10.2 Å². The molecule has 4 N–H and O–H groups in total. The topological polar surface area (TPSA) is 202 Å². The van der Waals surface area contributed by atoms with Gasteiger partial charge in [0.25, 0.3) is 5.91 Å². The molecule has 2 saturated heterocycles. The second-order valence-electron chi connectivity index (χ2n) is 17.3. The molecule has 17 nitrogen and oxygen atoms in total. The summed E-state index contributed by atoms with van der Waals surface area (Å²) in [6.07, 6.45) is 14.8. The van der Waals surface area contributed by atoms with Crippen LogP contribution in [0.25, 0.3) is 44.6 Å². The number of likely N-dealkylation sites (N-methyl/N-ethyl adjacent to an activating group) is 1. The van der Waals surface area contributed by atoms with Crippen molar-refractivity contribution in [2.24, 2.45) is 0 Å². The maximum absolute atomic E-state index is 12.6. The van der Waals surface area contributed by atoms with E-state index in [1.165, 1.54) is 12.7 Å². The number of benzene rings is 4. The highest BCUT2D eigenvalue weighted by atomic mass is 16.5. The van der Waals surface area contributed by atoms with Gasteiger partial charge in [-0.15, -0.1) is 6.42 Å². The number of carbonyl (C=O) groups excluding carboxylic acids is 2. The molecule has 0 spiro atoms. The number of nitrogen functional groups attached to an aromatic ring is 2. The van der Waals surface area contributed by atoms with Crippen LogP contribution < -0.4 is 20.9 Å². The lowest BCUT2D eigenvalue weighted by Crippen LogP contribution is -2.38. The Balaban J connectivity index is 0.000000175. The Kier molecular flexibility index (Phi) is 14.0. The average Bonchev–Trinajstić information content (AvgIpc) is 3.99. The number of aromatic nitrogens is 8. The summed E-state index contributed by atoms with van der Waals surface area (Å²) >= 11 is 0. The first-order valence-electron chi connectivity index (χ1n) is 23.1. The summed E-state index contributed by atoms with van der Waals surface area (Å²) in [5.74, 6) is 5.75. The molecule has 0 saturated carbocycles. The second kappa shape index (κ2) is 21.1. The summed E-state index contributed by atoms with van der Waals surface area (Å²) in [5.41, 5.74) is 17.2. The van der Waals surface area contributed by atoms with Gasteiger partial charge in [-0.25, -0.2) is 29.3 Å². The third-order valence-corrected chi connectivity index (χ3v) is 12.3. The Bertz CT molecular complexity index is 3150. The van der Waals surface area contributed by atoms with Gasteiger partial charge >= 0.3 is 0 Å². The minimum absolute atomic E-state index is 0.0516. The molecule has 354 valence electrons. The number of nitrogens with two attached hydrogens (primary N) is 2. The number of nitrogens with zero attached hydrogens (tertiary/aromatic N) is 11. The number of ether oxygens (including phenoxy) is 2. The minimum Gasteiger partial charge on any atom is -0.457 e. The molecular weight excluding hydrogens is 883 g/mol. The lowest BCUT2D eigenvalue weighted by atomic mass is 10.1. The van der Waals surface area contributed by atoms with E-state index in [-0.39, 0.29) is 23.9 Å². The van der Waals surface area contributed by atoms with Crippen LogP contribution >= 0.6 is 0 Å². The molecule has 2 aliphatic rings. The normalized spacial score (nSPS) is 14.4. The van der Waals surface area contributed by atoms with E-state index in [0.29, 0.717) is 49.1 Å². The monoisotopic (exact) mass is 935 g/mol. The fourth-order valence-corrected chi connectivity index (χ4v) is 8.72. The first-order valence-corrected chi connectivity index (χ1v) is 23.1. The van der Waals surface area contributed by atoms with Crippen molar-refractivity contribution in [3.63, 3.8) is 0 Å². The van der Waals surface area contributed by atoms with Crippen molar-refractivity contribution >= 4 is 45.5 Å². The molecular formula is C53H53N13O4. The van der Waals surface area contributed by atoms with Crippen LogP contribution in [0.15, 0.2) is 134 Å². The van der Waals surface area contributed by atoms with Crippen molar-refractivity contribution in [2.75, 3.05) is 58.3 Å². The quantitative estimate of drug-likeness (QED) is 0.0940. The SMILES string of the molecule is C#CC(=O)N1CCC(n2nc(-c3ccc(Oc4ccccc4)cc3)c3c(N)ncnc32)CC1.CN(C)C/C=C/C(=O)N1CCC(n2nc(-c3ccc(Oc4ccccc4)cc3)c3c(N)ncnc32)CC1. The van der Waals surface area contributed by atoms with E-state index >= 15 is 0 Å². The summed E-state index contributed by atoms with van der Waals surface area (Å²) < 4.78 is 15.7. The largest absolute Gasteiger partial charge is 0.457 e. The molecule has 70 heavy (non-hydrogen) atoms. The van der Waals surface area contributed by atoms with Crippen molar-refractivity contribution in [1.29, 1.82) is 0 Å². The van der Waals surface area contributed by atoms with Crippen LogP contribution in [-0.2, 0) is 9.59 Å². The highest BCUT2D eigenvalue weighted by molar-refractivity contribution is 5.99. The van der Waals surface area contributed by atoms with Crippen LogP contribution in [-0.4, -0.2) is 113 Å². The lowest BCUT2D eigenvalue weighted by molar-refractivity contribution is -0.127. The smallest absolute Gasteiger partial charge is 0.298 e. The van der Waals surface area contributed by atoms with E-state index in [2.05, 4.69) is 25.9 Å². The van der Waals surface area contributed by atoms with Crippen molar-refractivity contribution in [1.82, 2.24) is 54.2 Å². The van der Waals surface area contributed by atoms with Crippen molar-refractivity contribution < 1.29 is 19.1 Å². The molecule has 2 aliphatic heterocycles. The summed E-state index contributed by atoms with van der Waals surface area (Å²) in [6.45, 7) is 3.23. The fourth-order valence-electron chi connectivity index (χ4n) is 8.72. The first kappa shape index (κ1) is 46.5. The number of anilines is 2. The number of likely N-dealkylation sites (tertiary alicyclic amines) is 2. The van der Waals surface area contributed by atoms with E-state index in [4.69, 9.17) is 37.6 Å². The maximum Gasteiger partial charge on any atom is 0.298 e. The molecule has 8 aromatic rings. The van der Waals surface area contributed by atoms with Crippen LogP contribution in [0, 0.1) is 12.3 Å². The summed E-state index contributed by atoms with van der Waals surface area (Å²) in [6, 6.07) is 34.9. The number of amides is 2. The maximum atomic E-state index is 12.6. The number of hydrogen-bond donors (Lipinski definition) is 2. The minimum atomic E-state index is -0.274. The summed E-state index contributed by atoms with van der Waals surface area (Å²) in [4.78, 5) is 47.4. The lowest BCUT2D eigenvalue weighted by Gasteiger charge is -2.31. The van der Waals surface area contributed by atoms with Crippen molar-refractivity contribution in [3.8, 4) is 57.9 Å². The molecule has 2 amide bonds. The van der Waals surface area contributed by atoms with E-state index in [0.717, 1.165) is 88.5 Å². The number of para-hydroxylation sites is 2. The van der Waals surface area contributed by atoms with Crippen LogP contribution in [0.3, 0.4) is 0 Å². The van der Waals surface area contributed by atoms with Crippen molar-refractivity contribution in [2.45, 2.75) is 37.8 Å². The Labute approximate surface area is 405 Å².